The zero-order chi connectivity index (χ0) is 15.6. The van der Waals surface area contributed by atoms with Gasteiger partial charge in [0.25, 0.3) is 0 Å². The van der Waals surface area contributed by atoms with Crippen LogP contribution >= 0.6 is 12.2 Å². The predicted octanol–water partition coefficient (Wildman–Crippen LogP) is 1.31. The molecule has 1 saturated carbocycles. The Morgan fingerprint density at radius 3 is 2.76 bits per heavy atom. The summed E-state index contributed by atoms with van der Waals surface area (Å²) in [5, 5.41) is 0. The highest BCUT2D eigenvalue weighted by Crippen LogP contribution is 2.25. The quantitative estimate of drug-likeness (QED) is 0.768. The van der Waals surface area contributed by atoms with E-state index in [0.717, 1.165) is 12.1 Å². The van der Waals surface area contributed by atoms with Gasteiger partial charge in [0.05, 0.1) is 11.0 Å². The van der Waals surface area contributed by atoms with Gasteiger partial charge in [-0.15, -0.1) is 0 Å². The van der Waals surface area contributed by atoms with E-state index in [0.29, 0.717) is 19.4 Å². The van der Waals surface area contributed by atoms with Crippen molar-refractivity contribution in [3.8, 4) is 0 Å². The van der Waals surface area contributed by atoms with Crippen molar-refractivity contribution >= 4 is 27.2 Å². The van der Waals surface area contributed by atoms with Crippen LogP contribution < -0.4 is 10.5 Å². The number of sulfonamides is 1. The molecule has 0 radical (unpaired) electrons. The fourth-order valence-corrected chi connectivity index (χ4v) is 3.63. The Morgan fingerprint density at radius 2 is 2.19 bits per heavy atom. The topological polar surface area (TPSA) is 81.4 Å². The first kappa shape index (κ1) is 16.3. The van der Waals surface area contributed by atoms with Crippen molar-refractivity contribution in [1.29, 1.82) is 0 Å². The molecule has 3 N–H and O–H groups in total. The van der Waals surface area contributed by atoms with E-state index < -0.39 is 15.8 Å². The standard InChI is InChI=1S/C13H17FN2O3S2/c1-2-19-9-5-8(6-9)16-21(17,18)10-3-4-12(14)11(7-10)13(15)20/h3-4,7-9,16H,2,5-6H2,1H3,(H2,15,20). The first-order valence-corrected chi connectivity index (χ1v) is 8.46. The lowest BCUT2D eigenvalue weighted by Gasteiger charge is -2.35. The second kappa shape index (κ2) is 6.35. The van der Waals surface area contributed by atoms with E-state index in [1.165, 1.54) is 6.07 Å². The lowest BCUT2D eigenvalue weighted by molar-refractivity contribution is -0.00475. The fourth-order valence-electron chi connectivity index (χ4n) is 2.18. The molecule has 0 atom stereocenters. The van der Waals surface area contributed by atoms with Crippen molar-refractivity contribution in [3.63, 3.8) is 0 Å². The van der Waals surface area contributed by atoms with Crippen LogP contribution in [-0.4, -0.2) is 32.2 Å². The van der Waals surface area contributed by atoms with E-state index in [2.05, 4.69) is 4.72 Å². The average molecular weight is 332 g/mol. The van der Waals surface area contributed by atoms with Gasteiger partial charge in [0, 0.05) is 18.2 Å². The van der Waals surface area contributed by atoms with Gasteiger partial charge in [-0.1, -0.05) is 12.2 Å². The van der Waals surface area contributed by atoms with E-state index >= 15 is 0 Å². The molecular formula is C13H17FN2O3S2. The molecule has 0 heterocycles. The summed E-state index contributed by atoms with van der Waals surface area (Å²) < 4.78 is 45.9. The molecule has 1 aliphatic carbocycles. The normalized spacial score (nSPS) is 21.8. The minimum atomic E-state index is -3.72. The Balaban J connectivity index is 2.10. The maximum atomic E-state index is 13.5. The lowest BCUT2D eigenvalue weighted by atomic mass is 9.90. The molecule has 1 aliphatic rings. The Kier molecular flexibility index (Phi) is 4.92. The molecule has 2 rings (SSSR count). The van der Waals surface area contributed by atoms with Crippen LogP contribution in [0.15, 0.2) is 23.1 Å². The third kappa shape index (κ3) is 3.76. The van der Waals surface area contributed by atoms with Crippen molar-refractivity contribution in [3.05, 3.63) is 29.6 Å². The van der Waals surface area contributed by atoms with Gasteiger partial charge < -0.3 is 10.5 Å². The van der Waals surface area contributed by atoms with E-state index in [4.69, 9.17) is 22.7 Å². The molecule has 0 aliphatic heterocycles. The van der Waals surface area contributed by atoms with Crippen LogP contribution in [0.2, 0.25) is 0 Å². The van der Waals surface area contributed by atoms with Gasteiger partial charge in [-0.3, -0.25) is 0 Å². The fraction of sp³-hybridized carbons (Fsp3) is 0.462. The van der Waals surface area contributed by atoms with Crippen molar-refractivity contribution in [2.75, 3.05) is 6.61 Å². The highest BCUT2D eigenvalue weighted by molar-refractivity contribution is 7.89. The number of benzene rings is 1. The molecule has 5 nitrogen and oxygen atoms in total. The summed E-state index contributed by atoms with van der Waals surface area (Å²) in [5.74, 6) is -0.637. The predicted molar refractivity (Wildman–Crippen MR) is 81.0 cm³/mol. The summed E-state index contributed by atoms with van der Waals surface area (Å²) >= 11 is 4.70. The number of nitrogens with two attached hydrogens (primary N) is 1. The molecule has 21 heavy (non-hydrogen) atoms. The Hall–Kier alpha value is -1.09. The van der Waals surface area contributed by atoms with Gasteiger partial charge >= 0.3 is 0 Å². The first-order chi connectivity index (χ1) is 9.83. The van der Waals surface area contributed by atoms with Crippen LogP contribution in [0, 0.1) is 5.82 Å². The summed E-state index contributed by atoms with van der Waals surface area (Å²) in [6.45, 7) is 2.51. The molecular weight excluding hydrogens is 315 g/mol. The summed E-state index contributed by atoms with van der Waals surface area (Å²) in [4.78, 5) is -0.226. The molecule has 116 valence electrons. The van der Waals surface area contributed by atoms with Gasteiger partial charge in [-0.25, -0.2) is 17.5 Å². The molecule has 0 saturated heterocycles. The number of ether oxygens (including phenoxy) is 1. The number of hydrogen-bond donors (Lipinski definition) is 2. The highest BCUT2D eigenvalue weighted by Gasteiger charge is 2.33. The summed E-state index contributed by atoms with van der Waals surface area (Å²) in [5.41, 5.74) is 5.30. The Bertz CT molecular complexity index is 643. The molecule has 0 amide bonds. The zero-order valence-corrected chi connectivity index (χ0v) is 13.1. The van der Waals surface area contributed by atoms with E-state index in [1.807, 2.05) is 6.92 Å². The van der Waals surface area contributed by atoms with Gasteiger partial charge in [-0.2, -0.15) is 0 Å². The summed E-state index contributed by atoms with van der Waals surface area (Å²) in [7, 11) is -3.72. The summed E-state index contributed by atoms with van der Waals surface area (Å²) in [6.07, 6.45) is 1.37. The van der Waals surface area contributed by atoms with Crippen molar-refractivity contribution in [2.24, 2.45) is 5.73 Å². The van der Waals surface area contributed by atoms with Crippen LogP contribution in [0.25, 0.3) is 0 Å². The first-order valence-electron chi connectivity index (χ1n) is 6.56. The van der Waals surface area contributed by atoms with Crippen LogP contribution in [0.5, 0.6) is 0 Å². The second-order valence-corrected chi connectivity index (χ2v) is 7.03. The van der Waals surface area contributed by atoms with Crippen LogP contribution in [-0.2, 0) is 14.8 Å². The monoisotopic (exact) mass is 332 g/mol. The number of hydrogen-bond acceptors (Lipinski definition) is 4. The molecule has 8 heteroatoms. The van der Waals surface area contributed by atoms with E-state index in [-0.39, 0.29) is 27.6 Å². The largest absolute Gasteiger partial charge is 0.389 e. The lowest BCUT2D eigenvalue weighted by Crippen LogP contribution is -2.47. The number of thiocarbonyl (C=S) groups is 1. The van der Waals surface area contributed by atoms with Gasteiger partial charge in [0.2, 0.25) is 10.0 Å². The SMILES string of the molecule is CCOC1CC(NS(=O)(=O)c2ccc(F)c(C(N)=S)c2)C1. The molecule has 0 unspecified atom stereocenters. The Morgan fingerprint density at radius 1 is 1.52 bits per heavy atom. The van der Waals surface area contributed by atoms with Gasteiger partial charge in [0.1, 0.15) is 10.8 Å². The van der Waals surface area contributed by atoms with E-state index in [9.17, 15) is 12.8 Å². The van der Waals surface area contributed by atoms with E-state index in [1.54, 1.807) is 0 Å². The number of halogens is 1. The van der Waals surface area contributed by atoms with Crippen LogP contribution in [0.4, 0.5) is 4.39 Å². The number of nitrogens with one attached hydrogen (secondary N) is 1. The Labute approximate surface area is 128 Å². The smallest absolute Gasteiger partial charge is 0.240 e. The van der Waals surface area contributed by atoms with Crippen molar-refractivity contribution < 1.29 is 17.5 Å². The molecule has 1 fully saturated rings. The van der Waals surface area contributed by atoms with Crippen LogP contribution in [0.3, 0.4) is 0 Å². The third-order valence-electron chi connectivity index (χ3n) is 3.33. The number of rotatable bonds is 6. The highest BCUT2D eigenvalue weighted by atomic mass is 32.2. The van der Waals surface area contributed by atoms with Crippen LogP contribution in [0.1, 0.15) is 25.3 Å². The molecule has 0 spiro atoms. The summed E-state index contributed by atoms with van der Waals surface area (Å²) in [6, 6.07) is 3.23. The zero-order valence-electron chi connectivity index (χ0n) is 11.5. The third-order valence-corrected chi connectivity index (χ3v) is 5.07. The average Bonchev–Trinajstić information content (AvgIpc) is 2.36. The molecule has 1 aromatic rings. The van der Waals surface area contributed by atoms with Gasteiger partial charge in [0.15, 0.2) is 0 Å². The molecule has 1 aromatic carbocycles. The van der Waals surface area contributed by atoms with Crippen molar-refractivity contribution in [1.82, 2.24) is 4.72 Å². The maximum Gasteiger partial charge on any atom is 0.240 e. The molecule has 0 aromatic heterocycles. The second-order valence-electron chi connectivity index (χ2n) is 4.87. The maximum absolute atomic E-state index is 13.5. The minimum absolute atomic E-state index is 0.0495. The minimum Gasteiger partial charge on any atom is -0.389 e. The molecule has 0 bridgehead atoms. The van der Waals surface area contributed by atoms with Crippen molar-refractivity contribution in [2.45, 2.75) is 36.8 Å². The van der Waals surface area contributed by atoms with Gasteiger partial charge in [-0.05, 0) is 38.0 Å².